The molecule has 8 heteroatoms. The van der Waals surface area contributed by atoms with Crippen LogP contribution in [0.15, 0.2) is 42.5 Å². The minimum atomic E-state index is -0.164. The molecule has 2 aromatic carbocycles. The number of thiophene rings is 1. The van der Waals surface area contributed by atoms with Crippen molar-refractivity contribution in [2.75, 3.05) is 31.5 Å². The van der Waals surface area contributed by atoms with Gasteiger partial charge in [-0.25, -0.2) is 14.8 Å². The van der Waals surface area contributed by atoms with E-state index < -0.39 is 0 Å². The number of amides is 3. The highest BCUT2D eigenvalue weighted by atomic mass is 32.1. The van der Waals surface area contributed by atoms with Crippen LogP contribution < -0.4 is 5.32 Å². The Kier molecular flexibility index (Phi) is 5.85. The summed E-state index contributed by atoms with van der Waals surface area (Å²) in [5.74, 6) is 0.0192. The molecule has 5 rings (SSSR count). The van der Waals surface area contributed by atoms with E-state index in [2.05, 4.69) is 5.32 Å². The lowest BCUT2D eigenvalue weighted by atomic mass is 9.96. The second-order valence-electron chi connectivity index (χ2n) is 8.40. The summed E-state index contributed by atoms with van der Waals surface area (Å²) in [5, 5.41) is 4.02. The number of carbonyl (C=O) groups is 2. The number of aromatic nitrogens is 2. The van der Waals surface area contributed by atoms with Gasteiger partial charge in [0.1, 0.15) is 10.3 Å². The van der Waals surface area contributed by atoms with Crippen LogP contribution >= 0.6 is 11.3 Å². The highest BCUT2D eigenvalue weighted by Gasteiger charge is 2.30. The van der Waals surface area contributed by atoms with E-state index >= 15 is 0 Å². The van der Waals surface area contributed by atoms with Gasteiger partial charge in [-0.1, -0.05) is 12.1 Å². The van der Waals surface area contributed by atoms with Crippen molar-refractivity contribution in [2.24, 2.45) is 5.92 Å². The summed E-state index contributed by atoms with van der Waals surface area (Å²) in [7, 11) is 0. The molecular formula is C25H27N5O2S. The fourth-order valence-corrected chi connectivity index (χ4v) is 5.58. The second kappa shape index (κ2) is 8.94. The normalized spacial score (nSPS) is 16.4. The van der Waals surface area contributed by atoms with Crippen LogP contribution in [0.4, 0.5) is 10.5 Å². The number of nitrogens with one attached hydrogen (secondary N) is 1. The van der Waals surface area contributed by atoms with Gasteiger partial charge < -0.3 is 15.1 Å². The van der Waals surface area contributed by atoms with E-state index in [1.165, 1.54) is 0 Å². The van der Waals surface area contributed by atoms with Gasteiger partial charge in [-0.05, 0) is 57.0 Å². The molecule has 1 aliphatic rings. The molecule has 7 nitrogen and oxygen atoms in total. The summed E-state index contributed by atoms with van der Waals surface area (Å²) in [6, 6.07) is 13.6. The number of urea groups is 1. The van der Waals surface area contributed by atoms with Gasteiger partial charge >= 0.3 is 6.03 Å². The van der Waals surface area contributed by atoms with Gasteiger partial charge in [0.15, 0.2) is 0 Å². The summed E-state index contributed by atoms with van der Waals surface area (Å²) >= 11 is 1.60. The van der Waals surface area contributed by atoms with E-state index in [1.807, 2.05) is 61.2 Å². The SMILES string of the molecule is CCN(CC)C(=O)[C@@H]1CCCN(C(=O)Nc2ccc3sc4nc5ccccc5nc4c3c2)C1. The zero-order valence-corrected chi connectivity index (χ0v) is 19.7. The lowest BCUT2D eigenvalue weighted by Gasteiger charge is -2.34. The fraction of sp³-hybridized carbons (Fsp3) is 0.360. The number of anilines is 1. The molecule has 1 N–H and O–H groups in total. The number of carbonyl (C=O) groups excluding carboxylic acids is 2. The molecule has 170 valence electrons. The first-order valence-electron chi connectivity index (χ1n) is 11.5. The third-order valence-corrected chi connectivity index (χ3v) is 7.42. The predicted molar refractivity (Wildman–Crippen MR) is 134 cm³/mol. The van der Waals surface area contributed by atoms with Gasteiger partial charge in [0.25, 0.3) is 0 Å². The van der Waals surface area contributed by atoms with Crippen molar-refractivity contribution in [1.82, 2.24) is 19.8 Å². The molecule has 0 saturated carbocycles. The molecular weight excluding hydrogens is 434 g/mol. The van der Waals surface area contributed by atoms with Crippen LogP contribution in [-0.4, -0.2) is 57.9 Å². The Hall–Kier alpha value is -3.26. The van der Waals surface area contributed by atoms with Gasteiger partial charge in [-0.2, -0.15) is 0 Å². The molecule has 0 spiro atoms. The number of hydrogen-bond donors (Lipinski definition) is 1. The zero-order chi connectivity index (χ0) is 22.9. The van der Waals surface area contributed by atoms with Crippen molar-refractivity contribution in [3.8, 4) is 0 Å². The van der Waals surface area contributed by atoms with Crippen LogP contribution in [0.2, 0.25) is 0 Å². The molecule has 4 aromatic rings. The van der Waals surface area contributed by atoms with Crippen LogP contribution in [0.3, 0.4) is 0 Å². The lowest BCUT2D eigenvalue weighted by Crippen LogP contribution is -2.47. The van der Waals surface area contributed by atoms with Crippen LogP contribution in [0, 0.1) is 5.92 Å². The Balaban J connectivity index is 1.37. The summed E-state index contributed by atoms with van der Waals surface area (Å²) in [5.41, 5.74) is 3.31. The number of piperidine rings is 1. The number of hydrogen-bond acceptors (Lipinski definition) is 5. The number of nitrogens with zero attached hydrogens (tertiary/aromatic N) is 4. The maximum absolute atomic E-state index is 13.0. The first-order valence-corrected chi connectivity index (χ1v) is 12.3. The number of para-hydroxylation sites is 2. The first-order chi connectivity index (χ1) is 16.1. The molecule has 1 atom stereocenters. The molecule has 0 aliphatic carbocycles. The Morgan fingerprint density at radius 3 is 2.64 bits per heavy atom. The maximum Gasteiger partial charge on any atom is 0.321 e. The lowest BCUT2D eigenvalue weighted by molar-refractivity contribution is -0.136. The van der Waals surface area contributed by atoms with Crippen molar-refractivity contribution in [1.29, 1.82) is 0 Å². The molecule has 1 fully saturated rings. The Labute approximate surface area is 196 Å². The summed E-state index contributed by atoms with van der Waals surface area (Å²) < 4.78 is 1.08. The van der Waals surface area contributed by atoms with Crippen molar-refractivity contribution < 1.29 is 9.59 Å². The van der Waals surface area contributed by atoms with Crippen molar-refractivity contribution in [3.05, 3.63) is 42.5 Å². The summed E-state index contributed by atoms with van der Waals surface area (Å²) in [6.45, 7) is 6.51. The number of fused-ring (bicyclic) bond motifs is 4. The van der Waals surface area contributed by atoms with Crippen molar-refractivity contribution >= 4 is 60.4 Å². The van der Waals surface area contributed by atoms with Gasteiger partial charge in [0, 0.05) is 42.0 Å². The summed E-state index contributed by atoms with van der Waals surface area (Å²) in [6.07, 6.45) is 1.67. The van der Waals surface area contributed by atoms with Gasteiger partial charge in [-0.3, -0.25) is 4.79 Å². The molecule has 3 amide bonds. The van der Waals surface area contributed by atoms with E-state index in [0.29, 0.717) is 26.2 Å². The standard InChI is InChI=1S/C25H27N5O2S/c1-3-29(4-2)24(31)16-8-7-13-30(15-16)25(32)26-17-11-12-21-18(14-17)22-23(33-21)28-20-10-6-5-9-19(20)27-22/h5-6,9-12,14,16H,3-4,7-8,13,15H2,1-2H3,(H,26,32)/t16-/m1/s1. The Bertz CT molecular complexity index is 1350. The quantitative estimate of drug-likeness (QED) is 0.458. The first kappa shape index (κ1) is 21.6. The molecule has 3 heterocycles. The zero-order valence-electron chi connectivity index (χ0n) is 18.9. The highest BCUT2D eigenvalue weighted by Crippen LogP contribution is 2.34. The largest absolute Gasteiger partial charge is 0.343 e. The molecule has 0 bridgehead atoms. The van der Waals surface area contributed by atoms with Crippen molar-refractivity contribution in [3.63, 3.8) is 0 Å². The van der Waals surface area contributed by atoms with Crippen LogP contribution in [-0.2, 0) is 4.79 Å². The molecule has 33 heavy (non-hydrogen) atoms. The Morgan fingerprint density at radius 2 is 1.88 bits per heavy atom. The number of likely N-dealkylation sites (tertiary alicyclic amines) is 1. The number of rotatable bonds is 4. The van der Waals surface area contributed by atoms with Crippen LogP contribution in [0.1, 0.15) is 26.7 Å². The fourth-order valence-electron chi connectivity index (χ4n) is 4.58. The monoisotopic (exact) mass is 461 g/mol. The molecule has 1 saturated heterocycles. The van der Waals surface area contributed by atoms with Gasteiger partial charge in [-0.15, -0.1) is 11.3 Å². The van der Waals surface area contributed by atoms with Crippen LogP contribution in [0.5, 0.6) is 0 Å². The smallest absolute Gasteiger partial charge is 0.321 e. The summed E-state index contributed by atoms with van der Waals surface area (Å²) in [4.78, 5) is 39.9. The second-order valence-corrected chi connectivity index (χ2v) is 9.44. The third kappa shape index (κ3) is 4.11. The molecule has 0 unspecified atom stereocenters. The van der Waals surface area contributed by atoms with E-state index in [4.69, 9.17) is 9.97 Å². The molecule has 0 radical (unpaired) electrons. The van der Waals surface area contributed by atoms with Gasteiger partial charge in [0.05, 0.1) is 17.0 Å². The minimum absolute atomic E-state index is 0.128. The van der Waals surface area contributed by atoms with E-state index in [9.17, 15) is 9.59 Å². The topological polar surface area (TPSA) is 78.4 Å². The molecule has 1 aliphatic heterocycles. The third-order valence-electron chi connectivity index (χ3n) is 6.36. The van der Waals surface area contributed by atoms with E-state index in [0.717, 1.165) is 50.0 Å². The average molecular weight is 462 g/mol. The minimum Gasteiger partial charge on any atom is -0.343 e. The highest BCUT2D eigenvalue weighted by molar-refractivity contribution is 7.25. The van der Waals surface area contributed by atoms with Crippen LogP contribution in [0.25, 0.3) is 31.5 Å². The predicted octanol–water partition coefficient (Wildman–Crippen LogP) is 5.11. The maximum atomic E-state index is 13.0. The Morgan fingerprint density at radius 1 is 1.12 bits per heavy atom. The molecule has 2 aromatic heterocycles. The van der Waals surface area contributed by atoms with E-state index in [1.54, 1.807) is 16.2 Å². The average Bonchev–Trinajstić information content (AvgIpc) is 3.20. The number of benzene rings is 2. The van der Waals surface area contributed by atoms with E-state index in [-0.39, 0.29) is 17.9 Å². The van der Waals surface area contributed by atoms with Crippen molar-refractivity contribution in [2.45, 2.75) is 26.7 Å². The van der Waals surface area contributed by atoms with Gasteiger partial charge in [0.2, 0.25) is 5.91 Å².